The fourth-order valence-electron chi connectivity index (χ4n) is 4.19. The molecule has 8 heteroatoms. The van der Waals surface area contributed by atoms with Gasteiger partial charge in [0.2, 0.25) is 11.8 Å². The molecule has 0 radical (unpaired) electrons. The average molecular weight is 445 g/mol. The number of aliphatic hydroxyl groups excluding tert-OH is 1. The molecule has 1 aliphatic heterocycles. The van der Waals surface area contributed by atoms with Gasteiger partial charge in [0.1, 0.15) is 11.7 Å². The lowest BCUT2D eigenvalue weighted by molar-refractivity contribution is -0.132. The van der Waals surface area contributed by atoms with E-state index in [0.717, 1.165) is 24.8 Å². The molecule has 0 unspecified atom stereocenters. The number of hydrogen-bond acceptors (Lipinski definition) is 6. The van der Waals surface area contributed by atoms with Gasteiger partial charge in [-0.05, 0) is 57.5 Å². The first-order valence-electron chi connectivity index (χ1n) is 11.4. The number of likely N-dealkylation sites (N-methyl/N-ethyl adjacent to an activating group) is 2. The van der Waals surface area contributed by atoms with E-state index in [2.05, 4.69) is 11.1 Å². The Balaban J connectivity index is 1.94. The highest BCUT2D eigenvalue weighted by atomic mass is 16.5. The lowest BCUT2D eigenvalue weighted by Gasteiger charge is -2.37. The summed E-state index contributed by atoms with van der Waals surface area (Å²) in [5, 5.41) is 9.79. The summed E-state index contributed by atoms with van der Waals surface area (Å²) in [7, 11) is 5.49. The maximum absolute atomic E-state index is 13.5. The van der Waals surface area contributed by atoms with Gasteiger partial charge in [0, 0.05) is 25.7 Å². The second-order valence-electron chi connectivity index (χ2n) is 9.33. The zero-order valence-corrected chi connectivity index (χ0v) is 19.9. The molecular weight excluding hydrogens is 408 g/mol. The molecule has 2 amide bonds. The zero-order valence-electron chi connectivity index (χ0n) is 19.9. The van der Waals surface area contributed by atoms with Gasteiger partial charge in [-0.15, -0.1) is 0 Å². The zero-order chi connectivity index (χ0) is 23.4. The molecule has 3 rings (SSSR count). The number of ether oxygens (including phenoxy) is 1. The number of amides is 2. The van der Waals surface area contributed by atoms with Crippen molar-refractivity contribution in [3.63, 3.8) is 0 Å². The minimum absolute atomic E-state index is 0.00113. The highest BCUT2D eigenvalue weighted by molar-refractivity contribution is 5.97. The van der Waals surface area contributed by atoms with Gasteiger partial charge >= 0.3 is 0 Å². The van der Waals surface area contributed by atoms with E-state index in [1.54, 1.807) is 23.0 Å². The minimum Gasteiger partial charge on any atom is -0.472 e. The Morgan fingerprint density at radius 2 is 2.12 bits per heavy atom. The van der Waals surface area contributed by atoms with Crippen molar-refractivity contribution < 1.29 is 19.4 Å². The molecule has 176 valence electrons. The van der Waals surface area contributed by atoms with Gasteiger partial charge in [0.05, 0.1) is 25.7 Å². The van der Waals surface area contributed by atoms with Gasteiger partial charge in [-0.25, -0.2) is 4.98 Å². The van der Waals surface area contributed by atoms with Gasteiger partial charge in [0.15, 0.2) is 0 Å². The van der Waals surface area contributed by atoms with Crippen LogP contribution in [0.2, 0.25) is 0 Å². The van der Waals surface area contributed by atoms with Crippen molar-refractivity contribution in [1.29, 1.82) is 0 Å². The van der Waals surface area contributed by atoms with Crippen LogP contribution in [-0.4, -0.2) is 96.1 Å². The van der Waals surface area contributed by atoms with Gasteiger partial charge in [-0.1, -0.05) is 13.0 Å². The maximum Gasteiger partial charge on any atom is 0.259 e. The number of hydrogen-bond donors (Lipinski definition) is 1. The van der Waals surface area contributed by atoms with Crippen LogP contribution in [0.4, 0.5) is 0 Å². The molecule has 8 nitrogen and oxygen atoms in total. The molecule has 3 atom stereocenters. The van der Waals surface area contributed by atoms with Gasteiger partial charge < -0.3 is 24.5 Å². The molecule has 32 heavy (non-hydrogen) atoms. The molecule has 1 aromatic heterocycles. The molecule has 2 aliphatic rings. The lowest BCUT2D eigenvalue weighted by Crippen LogP contribution is -2.51. The predicted octanol–water partition coefficient (Wildman–Crippen LogP) is 1.89. The quantitative estimate of drug-likeness (QED) is 0.691. The van der Waals surface area contributed by atoms with Gasteiger partial charge in [-0.3, -0.25) is 9.59 Å². The van der Waals surface area contributed by atoms with Crippen molar-refractivity contribution >= 4 is 17.4 Å². The van der Waals surface area contributed by atoms with E-state index in [1.807, 2.05) is 38.9 Å². The molecule has 0 saturated heterocycles. The van der Waals surface area contributed by atoms with E-state index in [-0.39, 0.29) is 42.4 Å². The third-order valence-electron chi connectivity index (χ3n) is 6.26. The molecule has 1 aromatic rings. The smallest absolute Gasteiger partial charge is 0.259 e. The van der Waals surface area contributed by atoms with Crippen molar-refractivity contribution in [2.24, 2.45) is 5.92 Å². The highest BCUT2D eigenvalue weighted by Crippen LogP contribution is 2.32. The topological polar surface area (TPSA) is 86.2 Å². The summed E-state index contributed by atoms with van der Waals surface area (Å²) in [6.45, 7) is 4.84. The Morgan fingerprint density at radius 1 is 1.38 bits per heavy atom. The third-order valence-corrected chi connectivity index (χ3v) is 6.26. The molecule has 1 aliphatic carbocycles. The fourth-order valence-corrected chi connectivity index (χ4v) is 4.19. The van der Waals surface area contributed by atoms with Crippen molar-refractivity contribution in [2.75, 3.05) is 47.4 Å². The predicted molar refractivity (Wildman–Crippen MR) is 123 cm³/mol. The fraction of sp³-hybridized carbons (Fsp3) is 0.625. The lowest BCUT2D eigenvalue weighted by atomic mass is 9.99. The number of allylic oxidation sites excluding steroid dienone is 2. The second kappa shape index (κ2) is 10.4. The van der Waals surface area contributed by atoms with E-state index >= 15 is 0 Å². The van der Waals surface area contributed by atoms with Crippen LogP contribution in [0.3, 0.4) is 0 Å². The summed E-state index contributed by atoms with van der Waals surface area (Å²) >= 11 is 0. The van der Waals surface area contributed by atoms with Gasteiger partial charge in [-0.2, -0.15) is 0 Å². The number of aliphatic hydroxyl groups is 1. The van der Waals surface area contributed by atoms with Crippen LogP contribution in [0, 0.1) is 5.92 Å². The van der Waals surface area contributed by atoms with E-state index in [0.29, 0.717) is 25.2 Å². The molecule has 0 aromatic carbocycles. The molecule has 0 saturated carbocycles. The molecule has 2 heterocycles. The van der Waals surface area contributed by atoms with Crippen LogP contribution in [-0.2, 0) is 4.79 Å². The van der Waals surface area contributed by atoms with Crippen LogP contribution in [0.5, 0.6) is 5.88 Å². The molecular formula is C24H36N4O4. The summed E-state index contributed by atoms with van der Waals surface area (Å²) in [6.07, 6.45) is 6.75. The minimum atomic E-state index is -0.338. The SMILES string of the molecule is C[C@H]1CN([C@@H](C)CO)C(=O)c2cc(C3=CCCC3)cnc2O[C@@H]1CN(C)C(=O)CN(C)C. The highest BCUT2D eigenvalue weighted by Gasteiger charge is 2.35. The molecule has 0 bridgehead atoms. The van der Waals surface area contributed by atoms with E-state index in [4.69, 9.17) is 4.74 Å². The van der Waals surface area contributed by atoms with Crippen LogP contribution in [0.15, 0.2) is 18.3 Å². The number of nitrogens with zero attached hydrogens (tertiary/aromatic N) is 4. The monoisotopic (exact) mass is 444 g/mol. The summed E-state index contributed by atoms with van der Waals surface area (Å²) in [4.78, 5) is 35.7. The molecule has 0 spiro atoms. The maximum atomic E-state index is 13.5. The summed E-state index contributed by atoms with van der Waals surface area (Å²) in [6, 6.07) is 1.53. The first-order valence-corrected chi connectivity index (χ1v) is 11.4. The number of rotatable bonds is 7. The number of carbonyl (C=O) groups is 2. The third kappa shape index (κ3) is 5.48. The number of fused-ring (bicyclic) bond motifs is 1. The van der Waals surface area contributed by atoms with E-state index < -0.39 is 0 Å². The van der Waals surface area contributed by atoms with Crippen molar-refractivity contribution in [2.45, 2.75) is 45.3 Å². The van der Waals surface area contributed by atoms with Gasteiger partial charge in [0.25, 0.3) is 5.91 Å². The normalized spacial score (nSPS) is 22.0. The Labute approximate surface area is 190 Å². The molecule has 0 fully saturated rings. The van der Waals surface area contributed by atoms with Crippen LogP contribution in [0.25, 0.3) is 5.57 Å². The molecule has 1 N–H and O–H groups in total. The summed E-state index contributed by atoms with van der Waals surface area (Å²) in [5.74, 6) is 0.0465. The number of aromatic nitrogens is 1. The Kier molecular flexibility index (Phi) is 7.90. The second-order valence-corrected chi connectivity index (χ2v) is 9.33. The average Bonchev–Trinajstić information content (AvgIpc) is 3.29. The van der Waals surface area contributed by atoms with Crippen LogP contribution < -0.4 is 4.74 Å². The standard InChI is InChI=1S/C24H36N4O4/c1-16-12-28(17(2)15-29)24(31)20-10-19(18-8-6-7-9-18)11-25-23(20)32-21(16)13-27(5)22(30)14-26(3)4/h8,10-11,16-17,21,29H,6-7,9,12-15H2,1-5H3/t16-,17-,21+/m0/s1. The van der Waals surface area contributed by atoms with E-state index in [9.17, 15) is 14.7 Å². The Hall–Kier alpha value is -2.45. The van der Waals surface area contributed by atoms with Crippen LogP contribution >= 0.6 is 0 Å². The Bertz CT molecular complexity index is 870. The largest absolute Gasteiger partial charge is 0.472 e. The summed E-state index contributed by atoms with van der Waals surface area (Å²) < 4.78 is 6.28. The number of pyridine rings is 1. The summed E-state index contributed by atoms with van der Waals surface area (Å²) in [5.41, 5.74) is 2.56. The van der Waals surface area contributed by atoms with Crippen molar-refractivity contribution in [3.05, 3.63) is 29.5 Å². The van der Waals surface area contributed by atoms with Crippen LogP contribution in [0.1, 0.15) is 49.0 Å². The van der Waals surface area contributed by atoms with Crippen molar-refractivity contribution in [3.8, 4) is 5.88 Å². The first kappa shape index (κ1) is 24.2. The first-order chi connectivity index (χ1) is 15.2. The van der Waals surface area contributed by atoms with Crippen molar-refractivity contribution in [1.82, 2.24) is 19.7 Å². The number of carbonyl (C=O) groups excluding carboxylic acids is 2. The Morgan fingerprint density at radius 3 is 2.75 bits per heavy atom. The van der Waals surface area contributed by atoms with E-state index in [1.165, 1.54) is 5.57 Å².